The molecule has 1 saturated carbocycles. The Morgan fingerprint density at radius 3 is 2.82 bits per heavy atom. The Morgan fingerprint density at radius 2 is 2.29 bits per heavy atom. The van der Waals surface area contributed by atoms with Crippen molar-refractivity contribution >= 4 is 17.7 Å². The van der Waals surface area contributed by atoms with Gasteiger partial charge in [0.25, 0.3) is 0 Å². The number of nitrogens with one attached hydrogen (secondary N) is 1. The summed E-state index contributed by atoms with van der Waals surface area (Å²) in [6.07, 6.45) is 5.31. The molecular formula is C12H21N3OS. The second-order valence-electron chi connectivity index (χ2n) is 4.84. The van der Waals surface area contributed by atoms with Crippen molar-refractivity contribution in [2.75, 3.05) is 11.5 Å². The van der Waals surface area contributed by atoms with Crippen molar-refractivity contribution < 1.29 is 4.79 Å². The number of nitriles is 1. The summed E-state index contributed by atoms with van der Waals surface area (Å²) < 4.78 is 0. The minimum Gasteiger partial charge on any atom is -0.369 e. The molecule has 1 aliphatic carbocycles. The van der Waals surface area contributed by atoms with E-state index in [1.165, 1.54) is 12.8 Å². The first kappa shape index (κ1) is 14.3. The molecule has 4 nitrogen and oxygen atoms in total. The quantitative estimate of drug-likeness (QED) is 0.611. The van der Waals surface area contributed by atoms with Crippen LogP contribution in [0.1, 0.15) is 39.0 Å². The number of carbonyl (C=O) groups excluding carboxylic acids is 1. The Hall–Kier alpha value is -0.730. The summed E-state index contributed by atoms with van der Waals surface area (Å²) in [5.74, 6) is 1.08. The fraction of sp³-hybridized carbons (Fsp3) is 0.833. The number of hydrogen-bond donors (Lipinski definition) is 2. The highest BCUT2D eigenvalue weighted by atomic mass is 32.2. The molecule has 1 amide bonds. The van der Waals surface area contributed by atoms with E-state index < -0.39 is 0 Å². The predicted octanol–water partition coefficient (Wildman–Crippen LogP) is 1.41. The maximum absolute atomic E-state index is 10.5. The van der Waals surface area contributed by atoms with E-state index in [1.54, 1.807) is 11.8 Å². The lowest BCUT2D eigenvalue weighted by molar-refractivity contribution is -0.115. The van der Waals surface area contributed by atoms with Crippen molar-refractivity contribution in [3.8, 4) is 6.07 Å². The number of nitrogens with zero attached hydrogens (tertiary/aromatic N) is 1. The zero-order valence-electron chi connectivity index (χ0n) is 10.4. The van der Waals surface area contributed by atoms with Crippen LogP contribution in [-0.2, 0) is 4.79 Å². The summed E-state index contributed by atoms with van der Waals surface area (Å²) in [6.45, 7) is 1.97. The second-order valence-corrected chi connectivity index (χ2v) is 5.94. The molecule has 0 aromatic heterocycles. The van der Waals surface area contributed by atoms with Crippen LogP contribution < -0.4 is 11.1 Å². The highest BCUT2D eigenvalue weighted by Crippen LogP contribution is 2.24. The van der Waals surface area contributed by atoms with Gasteiger partial charge in [-0.15, -0.1) is 0 Å². The molecular weight excluding hydrogens is 234 g/mol. The molecule has 1 atom stereocenters. The summed E-state index contributed by atoms with van der Waals surface area (Å²) in [7, 11) is 0. The zero-order chi connectivity index (χ0) is 12.7. The zero-order valence-corrected chi connectivity index (χ0v) is 11.2. The lowest BCUT2D eigenvalue weighted by atomic mass is 9.96. The molecule has 5 heteroatoms. The summed E-state index contributed by atoms with van der Waals surface area (Å²) in [4.78, 5) is 10.5. The van der Waals surface area contributed by atoms with E-state index in [9.17, 15) is 4.79 Å². The lowest BCUT2D eigenvalue weighted by Gasteiger charge is -2.23. The molecule has 0 heterocycles. The van der Waals surface area contributed by atoms with E-state index in [0.29, 0.717) is 11.8 Å². The van der Waals surface area contributed by atoms with Crippen molar-refractivity contribution in [3.05, 3.63) is 0 Å². The molecule has 0 radical (unpaired) electrons. The van der Waals surface area contributed by atoms with Gasteiger partial charge in [-0.1, -0.05) is 0 Å². The molecule has 17 heavy (non-hydrogen) atoms. The number of rotatable bonds is 9. The Bertz CT molecular complexity index is 299. The van der Waals surface area contributed by atoms with Crippen LogP contribution in [0.2, 0.25) is 0 Å². The first-order valence-electron chi connectivity index (χ1n) is 6.11. The van der Waals surface area contributed by atoms with Gasteiger partial charge in [-0.05, 0) is 44.8 Å². The number of nitrogens with two attached hydrogens (primary N) is 1. The van der Waals surface area contributed by atoms with Crippen molar-refractivity contribution in [2.45, 2.75) is 50.6 Å². The van der Waals surface area contributed by atoms with E-state index in [1.807, 2.05) is 6.92 Å². The van der Waals surface area contributed by atoms with Crippen LogP contribution in [0.15, 0.2) is 0 Å². The number of thioether (sulfide) groups is 1. The topological polar surface area (TPSA) is 78.9 Å². The van der Waals surface area contributed by atoms with Gasteiger partial charge in [-0.25, -0.2) is 0 Å². The highest BCUT2D eigenvalue weighted by Gasteiger charge is 2.31. The number of unbranched alkanes of at least 4 members (excludes halogenated alkanes) is 1. The summed E-state index contributed by atoms with van der Waals surface area (Å²) in [5.41, 5.74) is 4.67. The van der Waals surface area contributed by atoms with Gasteiger partial charge in [-0.2, -0.15) is 17.0 Å². The van der Waals surface area contributed by atoms with Crippen LogP contribution in [0.25, 0.3) is 0 Å². The van der Waals surface area contributed by atoms with Gasteiger partial charge in [0, 0.05) is 6.04 Å². The summed E-state index contributed by atoms with van der Waals surface area (Å²) in [6, 6.07) is 2.93. The van der Waals surface area contributed by atoms with E-state index in [2.05, 4.69) is 11.4 Å². The van der Waals surface area contributed by atoms with E-state index in [-0.39, 0.29) is 11.4 Å². The number of amides is 1. The van der Waals surface area contributed by atoms with Gasteiger partial charge >= 0.3 is 0 Å². The highest BCUT2D eigenvalue weighted by molar-refractivity contribution is 7.99. The van der Waals surface area contributed by atoms with Crippen LogP contribution in [0.4, 0.5) is 0 Å². The van der Waals surface area contributed by atoms with Gasteiger partial charge in [0.1, 0.15) is 5.54 Å². The van der Waals surface area contributed by atoms with Crippen molar-refractivity contribution in [2.24, 2.45) is 5.73 Å². The Labute approximate surface area is 107 Å². The molecule has 1 rings (SSSR count). The Morgan fingerprint density at radius 1 is 1.59 bits per heavy atom. The molecule has 0 bridgehead atoms. The maximum Gasteiger partial charge on any atom is 0.227 e. The molecule has 3 N–H and O–H groups in total. The average molecular weight is 255 g/mol. The standard InChI is InChI=1S/C12H21N3OS/c1-12(9-13,15-10-4-5-10)6-2-3-7-17-8-11(14)16/h10,15H,2-8H2,1H3,(H2,14,16). The monoisotopic (exact) mass is 255 g/mol. The normalized spacial score (nSPS) is 18.4. The van der Waals surface area contributed by atoms with E-state index >= 15 is 0 Å². The van der Waals surface area contributed by atoms with E-state index in [0.717, 1.165) is 25.0 Å². The van der Waals surface area contributed by atoms with Crippen molar-refractivity contribution in [1.29, 1.82) is 5.26 Å². The maximum atomic E-state index is 10.5. The lowest BCUT2D eigenvalue weighted by Crippen LogP contribution is -2.42. The fourth-order valence-electron chi connectivity index (χ4n) is 1.69. The second kappa shape index (κ2) is 6.87. The molecule has 0 spiro atoms. The average Bonchev–Trinajstić information content (AvgIpc) is 3.06. The molecule has 0 aromatic rings. The SMILES string of the molecule is CC(C#N)(CCCCSCC(N)=O)NC1CC1. The van der Waals surface area contributed by atoms with Crippen LogP contribution >= 0.6 is 11.8 Å². The first-order chi connectivity index (χ1) is 8.06. The van der Waals surface area contributed by atoms with E-state index in [4.69, 9.17) is 11.0 Å². The van der Waals surface area contributed by atoms with Gasteiger partial charge in [0.05, 0.1) is 11.8 Å². The van der Waals surface area contributed by atoms with Gasteiger partial charge in [-0.3, -0.25) is 10.1 Å². The van der Waals surface area contributed by atoms with Gasteiger partial charge in [0.15, 0.2) is 0 Å². The third kappa shape index (κ3) is 6.54. The summed E-state index contributed by atoms with van der Waals surface area (Å²) in [5, 5.41) is 12.5. The van der Waals surface area contributed by atoms with Crippen LogP contribution in [0.5, 0.6) is 0 Å². The minimum absolute atomic E-state index is 0.257. The first-order valence-corrected chi connectivity index (χ1v) is 7.26. The molecule has 1 aliphatic rings. The third-order valence-electron chi connectivity index (χ3n) is 2.81. The Kier molecular flexibility index (Phi) is 5.79. The molecule has 0 aromatic carbocycles. The van der Waals surface area contributed by atoms with Crippen molar-refractivity contribution in [1.82, 2.24) is 5.32 Å². The minimum atomic E-state index is -0.379. The van der Waals surface area contributed by atoms with Crippen LogP contribution in [0.3, 0.4) is 0 Å². The number of hydrogen-bond acceptors (Lipinski definition) is 4. The summed E-state index contributed by atoms with van der Waals surface area (Å²) >= 11 is 1.57. The fourth-order valence-corrected chi connectivity index (χ4v) is 2.45. The molecule has 96 valence electrons. The number of primary amides is 1. The van der Waals surface area contributed by atoms with Gasteiger partial charge in [0.2, 0.25) is 5.91 Å². The molecule has 0 saturated heterocycles. The van der Waals surface area contributed by atoms with Gasteiger partial charge < -0.3 is 5.73 Å². The predicted molar refractivity (Wildman–Crippen MR) is 70.5 cm³/mol. The molecule has 1 unspecified atom stereocenters. The van der Waals surface area contributed by atoms with Crippen LogP contribution in [0, 0.1) is 11.3 Å². The van der Waals surface area contributed by atoms with Crippen LogP contribution in [-0.4, -0.2) is 29.0 Å². The third-order valence-corrected chi connectivity index (χ3v) is 3.87. The largest absolute Gasteiger partial charge is 0.369 e. The Balaban J connectivity index is 2.06. The smallest absolute Gasteiger partial charge is 0.227 e. The number of carbonyl (C=O) groups is 1. The van der Waals surface area contributed by atoms with Crippen molar-refractivity contribution in [3.63, 3.8) is 0 Å². The molecule has 0 aliphatic heterocycles. The molecule has 1 fully saturated rings.